The molecular weight excluding hydrogens is 334 g/mol. The fourth-order valence-electron chi connectivity index (χ4n) is 3.74. The second-order valence-electron chi connectivity index (χ2n) is 8.07. The maximum atomic E-state index is 12.7. The number of amides is 1. The molecule has 27 heavy (non-hydrogen) atoms. The Morgan fingerprint density at radius 1 is 1.00 bits per heavy atom. The summed E-state index contributed by atoms with van der Waals surface area (Å²) in [6, 6.07) is 12.8. The first-order valence-corrected chi connectivity index (χ1v) is 10.0. The van der Waals surface area contributed by atoms with Gasteiger partial charge in [-0.1, -0.05) is 44.2 Å². The third-order valence-electron chi connectivity index (χ3n) is 5.45. The fraction of sp³-hybridized carbons (Fsp3) is 0.458. The Morgan fingerprint density at radius 2 is 1.74 bits per heavy atom. The Morgan fingerprint density at radius 3 is 2.48 bits per heavy atom. The quantitative estimate of drug-likeness (QED) is 0.759. The lowest BCUT2D eigenvalue weighted by Crippen LogP contribution is -2.38. The van der Waals surface area contributed by atoms with Gasteiger partial charge in [-0.15, -0.1) is 0 Å². The van der Waals surface area contributed by atoms with Crippen LogP contribution in [-0.2, 0) is 17.6 Å². The lowest BCUT2D eigenvalue weighted by Gasteiger charge is -2.22. The number of hydrogen-bond acceptors (Lipinski definition) is 2. The lowest BCUT2D eigenvalue weighted by molar-refractivity contribution is -0.127. The molecule has 2 aromatic carbocycles. The molecule has 0 aliphatic heterocycles. The molecular formula is C24H31NO2. The molecule has 0 spiro atoms. The van der Waals surface area contributed by atoms with Crippen molar-refractivity contribution in [2.24, 2.45) is 0 Å². The molecule has 144 valence electrons. The largest absolute Gasteiger partial charge is 0.481 e. The van der Waals surface area contributed by atoms with Crippen molar-refractivity contribution in [3.63, 3.8) is 0 Å². The molecule has 2 atom stereocenters. The van der Waals surface area contributed by atoms with Gasteiger partial charge in [-0.3, -0.25) is 4.79 Å². The summed E-state index contributed by atoms with van der Waals surface area (Å²) in [5.74, 6) is 1.07. The summed E-state index contributed by atoms with van der Waals surface area (Å²) in [6.45, 7) is 10.2. The molecule has 0 fully saturated rings. The number of hydrogen-bond donors (Lipinski definition) is 1. The third kappa shape index (κ3) is 4.52. The maximum absolute atomic E-state index is 12.7. The van der Waals surface area contributed by atoms with Crippen molar-refractivity contribution in [3.05, 3.63) is 64.2 Å². The summed E-state index contributed by atoms with van der Waals surface area (Å²) in [7, 11) is 0. The van der Waals surface area contributed by atoms with Crippen molar-refractivity contribution in [2.75, 3.05) is 0 Å². The van der Waals surface area contributed by atoms with Gasteiger partial charge < -0.3 is 10.1 Å². The highest BCUT2D eigenvalue weighted by molar-refractivity contribution is 5.81. The minimum Gasteiger partial charge on any atom is -0.481 e. The Labute approximate surface area is 163 Å². The first-order chi connectivity index (χ1) is 12.8. The molecule has 0 unspecified atom stereocenters. The number of nitrogens with one attached hydrogen (secondary N) is 1. The minimum absolute atomic E-state index is 0.0310. The lowest BCUT2D eigenvalue weighted by atomic mass is 10.0. The maximum Gasteiger partial charge on any atom is 0.261 e. The molecule has 0 saturated carbocycles. The van der Waals surface area contributed by atoms with Crippen LogP contribution in [0.25, 0.3) is 0 Å². The zero-order chi connectivity index (χ0) is 19.6. The average molecular weight is 366 g/mol. The van der Waals surface area contributed by atoms with Gasteiger partial charge in [0.1, 0.15) is 5.75 Å². The third-order valence-corrected chi connectivity index (χ3v) is 5.45. The highest BCUT2D eigenvalue weighted by atomic mass is 16.5. The number of fused-ring (bicyclic) bond motifs is 1. The number of carbonyl (C=O) groups is 1. The molecule has 0 heterocycles. The SMILES string of the molecule is Cc1ccc(C(C)C)c(O[C@H](C)C(=O)N[C@H](C)c2ccc3c(c2)CCC3)c1. The second kappa shape index (κ2) is 8.16. The van der Waals surface area contributed by atoms with Crippen LogP contribution in [0.5, 0.6) is 5.75 Å². The van der Waals surface area contributed by atoms with Crippen molar-refractivity contribution in [1.29, 1.82) is 0 Å². The van der Waals surface area contributed by atoms with Crippen molar-refractivity contribution in [1.82, 2.24) is 5.32 Å². The summed E-state index contributed by atoms with van der Waals surface area (Å²) in [6.07, 6.45) is 3.02. The molecule has 3 rings (SSSR count). The van der Waals surface area contributed by atoms with Crippen molar-refractivity contribution >= 4 is 5.91 Å². The average Bonchev–Trinajstić information content (AvgIpc) is 3.09. The van der Waals surface area contributed by atoms with Gasteiger partial charge in [0.15, 0.2) is 6.10 Å². The van der Waals surface area contributed by atoms with Crippen molar-refractivity contribution in [2.45, 2.75) is 71.9 Å². The summed E-state index contributed by atoms with van der Waals surface area (Å²) in [4.78, 5) is 12.7. The number of benzene rings is 2. The highest BCUT2D eigenvalue weighted by Gasteiger charge is 2.21. The Kier molecular flexibility index (Phi) is 5.88. The van der Waals surface area contributed by atoms with Gasteiger partial charge in [-0.2, -0.15) is 0 Å². The molecule has 0 aromatic heterocycles. The molecule has 0 radical (unpaired) electrons. The van der Waals surface area contributed by atoms with Crippen molar-refractivity contribution < 1.29 is 9.53 Å². The Hall–Kier alpha value is -2.29. The van der Waals surface area contributed by atoms with Gasteiger partial charge in [0, 0.05) is 0 Å². The minimum atomic E-state index is -0.541. The number of carbonyl (C=O) groups excluding carboxylic acids is 1. The van der Waals surface area contributed by atoms with Gasteiger partial charge in [0.25, 0.3) is 5.91 Å². The number of aryl methyl sites for hydroxylation is 3. The summed E-state index contributed by atoms with van der Waals surface area (Å²) < 4.78 is 6.05. The molecule has 1 N–H and O–H groups in total. The van der Waals surface area contributed by atoms with Gasteiger partial charge in [-0.05, 0) is 79.8 Å². The topological polar surface area (TPSA) is 38.3 Å². The van der Waals surface area contributed by atoms with Crippen LogP contribution in [0.15, 0.2) is 36.4 Å². The van der Waals surface area contributed by atoms with Crippen LogP contribution in [0.3, 0.4) is 0 Å². The summed E-state index contributed by atoms with van der Waals surface area (Å²) in [5, 5.41) is 3.11. The van der Waals surface area contributed by atoms with E-state index in [4.69, 9.17) is 4.74 Å². The van der Waals surface area contributed by atoms with E-state index in [-0.39, 0.29) is 11.9 Å². The molecule has 1 aliphatic carbocycles. The molecule has 0 saturated heterocycles. The van der Waals surface area contributed by atoms with E-state index in [9.17, 15) is 4.79 Å². The van der Waals surface area contributed by atoms with Crippen LogP contribution in [0.1, 0.15) is 73.9 Å². The molecule has 1 amide bonds. The molecule has 3 nitrogen and oxygen atoms in total. The monoisotopic (exact) mass is 365 g/mol. The smallest absolute Gasteiger partial charge is 0.261 e. The molecule has 1 aliphatic rings. The molecule has 2 aromatic rings. The van der Waals surface area contributed by atoms with E-state index in [1.165, 1.54) is 24.0 Å². The van der Waals surface area contributed by atoms with Gasteiger partial charge in [-0.25, -0.2) is 0 Å². The van der Waals surface area contributed by atoms with E-state index in [0.29, 0.717) is 5.92 Å². The number of ether oxygens (including phenoxy) is 1. The van der Waals surface area contributed by atoms with Gasteiger partial charge in [0.2, 0.25) is 0 Å². The van der Waals surface area contributed by atoms with E-state index >= 15 is 0 Å². The standard InChI is InChI=1S/C24H31NO2/c1-15(2)22-12-9-16(3)13-23(22)27-18(5)24(26)25-17(4)20-11-10-19-7-6-8-21(19)14-20/h9-15,17-18H,6-8H2,1-5H3,(H,25,26)/t17-,18-/m1/s1. The first-order valence-electron chi connectivity index (χ1n) is 10.0. The van der Waals surface area contributed by atoms with E-state index in [2.05, 4.69) is 49.5 Å². The van der Waals surface area contributed by atoms with Gasteiger partial charge >= 0.3 is 0 Å². The fourth-order valence-corrected chi connectivity index (χ4v) is 3.74. The number of rotatable bonds is 6. The zero-order valence-corrected chi connectivity index (χ0v) is 17.1. The highest BCUT2D eigenvalue weighted by Crippen LogP contribution is 2.29. The van der Waals surface area contributed by atoms with Crippen LogP contribution >= 0.6 is 0 Å². The second-order valence-corrected chi connectivity index (χ2v) is 8.07. The van der Waals surface area contributed by atoms with Crippen LogP contribution in [0.4, 0.5) is 0 Å². The van der Waals surface area contributed by atoms with E-state index in [0.717, 1.165) is 28.9 Å². The first kappa shape index (κ1) is 19.5. The zero-order valence-electron chi connectivity index (χ0n) is 17.1. The van der Waals surface area contributed by atoms with Crippen LogP contribution < -0.4 is 10.1 Å². The van der Waals surface area contributed by atoms with Crippen LogP contribution in [-0.4, -0.2) is 12.0 Å². The molecule has 3 heteroatoms. The van der Waals surface area contributed by atoms with Crippen LogP contribution in [0, 0.1) is 6.92 Å². The van der Waals surface area contributed by atoms with Crippen molar-refractivity contribution in [3.8, 4) is 5.75 Å². The van der Waals surface area contributed by atoms with E-state index < -0.39 is 6.10 Å². The molecule has 0 bridgehead atoms. The van der Waals surface area contributed by atoms with E-state index in [1.54, 1.807) is 0 Å². The predicted octanol–water partition coefficient (Wildman–Crippen LogP) is 5.25. The van der Waals surface area contributed by atoms with Gasteiger partial charge in [0.05, 0.1) is 6.04 Å². The summed E-state index contributed by atoms with van der Waals surface area (Å²) >= 11 is 0. The predicted molar refractivity (Wildman–Crippen MR) is 110 cm³/mol. The normalized spacial score (nSPS) is 15.3. The summed E-state index contributed by atoms with van der Waals surface area (Å²) in [5.41, 5.74) is 6.31. The van der Waals surface area contributed by atoms with Crippen LogP contribution in [0.2, 0.25) is 0 Å². The Bertz CT molecular complexity index is 825. The van der Waals surface area contributed by atoms with E-state index in [1.807, 2.05) is 26.8 Å². The Balaban J connectivity index is 1.66.